The largest absolute Gasteiger partial charge is 0.573 e. The van der Waals surface area contributed by atoms with E-state index in [0.29, 0.717) is 22.5 Å². The van der Waals surface area contributed by atoms with Crippen LogP contribution in [0.4, 0.5) is 18.9 Å². The van der Waals surface area contributed by atoms with Gasteiger partial charge in [-0.2, -0.15) is 0 Å². The average molecular weight is 448 g/mol. The number of nitrogens with zero attached hydrogens (tertiary/aromatic N) is 3. The van der Waals surface area contributed by atoms with Gasteiger partial charge in [-0.25, -0.2) is 0 Å². The summed E-state index contributed by atoms with van der Waals surface area (Å²) in [6.07, 6.45) is -2.61. The van der Waals surface area contributed by atoms with Gasteiger partial charge in [-0.3, -0.25) is 9.36 Å². The minimum atomic E-state index is -4.71. The second kappa shape index (κ2) is 8.62. The normalized spacial score (nSPS) is 13.8. The van der Waals surface area contributed by atoms with Gasteiger partial charge < -0.3 is 10.1 Å². The van der Waals surface area contributed by atoms with Crippen molar-refractivity contribution < 1.29 is 22.7 Å². The van der Waals surface area contributed by atoms with Crippen molar-refractivity contribution in [3.05, 3.63) is 59.9 Å². The fraction of sp³-hybridized carbons (Fsp3) is 0.286. The highest BCUT2D eigenvalue weighted by molar-refractivity contribution is 7.98. The molecular formula is C21H19F3N4O2S. The molecule has 1 aromatic heterocycles. The van der Waals surface area contributed by atoms with Crippen molar-refractivity contribution in [2.75, 3.05) is 5.32 Å². The number of carbonyl (C=O) groups is 1. The molecule has 1 saturated carbocycles. The van der Waals surface area contributed by atoms with Gasteiger partial charge in [-0.05, 0) is 48.7 Å². The van der Waals surface area contributed by atoms with E-state index in [1.54, 1.807) is 12.1 Å². The van der Waals surface area contributed by atoms with E-state index < -0.39 is 6.36 Å². The van der Waals surface area contributed by atoms with Crippen LogP contribution in [0.15, 0.2) is 53.7 Å². The summed E-state index contributed by atoms with van der Waals surface area (Å²) in [6.45, 7) is 1.45. The van der Waals surface area contributed by atoms with Crippen LogP contribution in [-0.2, 0) is 10.5 Å². The molecule has 1 heterocycles. The van der Waals surface area contributed by atoms with Crippen LogP contribution in [0.5, 0.6) is 5.75 Å². The van der Waals surface area contributed by atoms with Crippen molar-refractivity contribution in [1.82, 2.24) is 14.8 Å². The molecule has 6 nitrogen and oxygen atoms in total. The fourth-order valence-corrected chi connectivity index (χ4v) is 4.00. The summed E-state index contributed by atoms with van der Waals surface area (Å²) in [5.74, 6) is 1.31. The molecule has 1 N–H and O–H groups in total. The van der Waals surface area contributed by atoms with Crippen LogP contribution in [0.1, 0.15) is 37.1 Å². The first kappa shape index (κ1) is 21.2. The first-order valence-electron chi connectivity index (χ1n) is 9.59. The molecule has 0 spiro atoms. The fourth-order valence-electron chi connectivity index (χ4n) is 3.08. The monoisotopic (exact) mass is 448 g/mol. The summed E-state index contributed by atoms with van der Waals surface area (Å²) in [6, 6.07) is 13.2. The number of benzene rings is 2. The van der Waals surface area contributed by atoms with Crippen molar-refractivity contribution in [2.45, 2.75) is 43.0 Å². The maximum absolute atomic E-state index is 12.3. The number of ether oxygens (including phenoxy) is 1. The number of anilines is 1. The number of rotatable bonds is 7. The number of carbonyl (C=O) groups excluding carboxylic acids is 1. The molecule has 31 heavy (non-hydrogen) atoms. The van der Waals surface area contributed by atoms with Crippen molar-refractivity contribution >= 4 is 23.4 Å². The zero-order valence-corrected chi connectivity index (χ0v) is 17.3. The topological polar surface area (TPSA) is 69.0 Å². The quantitative estimate of drug-likeness (QED) is 0.497. The van der Waals surface area contributed by atoms with Crippen LogP contribution in [0.25, 0.3) is 5.69 Å². The molecule has 0 saturated heterocycles. The highest BCUT2D eigenvalue weighted by Gasteiger charge is 2.32. The lowest BCUT2D eigenvalue weighted by molar-refractivity contribution is -0.274. The number of alkyl halides is 3. The minimum absolute atomic E-state index is 0.157. The van der Waals surface area contributed by atoms with Crippen molar-refractivity contribution in [1.29, 1.82) is 0 Å². The van der Waals surface area contributed by atoms with Crippen LogP contribution >= 0.6 is 11.8 Å². The SMILES string of the molecule is CC(=O)Nc1cccc(-n2c(SCc3ccc(OC(F)(F)F)cc3)nnc2C2CC2)c1. The van der Waals surface area contributed by atoms with E-state index in [4.69, 9.17) is 0 Å². The first-order chi connectivity index (χ1) is 14.8. The Morgan fingerprint density at radius 2 is 1.94 bits per heavy atom. The molecule has 2 aromatic carbocycles. The summed E-state index contributed by atoms with van der Waals surface area (Å²) in [7, 11) is 0. The Bertz CT molecular complexity index is 1080. The van der Waals surface area contributed by atoms with Crippen LogP contribution in [0, 0.1) is 0 Å². The minimum Gasteiger partial charge on any atom is -0.406 e. The molecule has 0 aliphatic heterocycles. The third-order valence-corrected chi connectivity index (χ3v) is 5.55. The molecule has 1 fully saturated rings. The number of thioether (sulfide) groups is 1. The zero-order valence-electron chi connectivity index (χ0n) is 16.5. The molecule has 0 unspecified atom stereocenters. The van der Waals surface area contributed by atoms with E-state index in [2.05, 4.69) is 20.3 Å². The van der Waals surface area contributed by atoms with Gasteiger partial charge in [0.15, 0.2) is 5.16 Å². The Morgan fingerprint density at radius 1 is 1.19 bits per heavy atom. The summed E-state index contributed by atoms with van der Waals surface area (Å²) in [4.78, 5) is 11.4. The number of nitrogens with one attached hydrogen (secondary N) is 1. The summed E-state index contributed by atoms with van der Waals surface area (Å²) >= 11 is 1.44. The van der Waals surface area contributed by atoms with Crippen molar-refractivity contribution in [3.8, 4) is 11.4 Å². The number of amides is 1. The molecule has 4 rings (SSSR count). The smallest absolute Gasteiger partial charge is 0.406 e. The first-order valence-corrected chi connectivity index (χ1v) is 10.6. The van der Waals surface area contributed by atoms with E-state index >= 15 is 0 Å². The third-order valence-electron chi connectivity index (χ3n) is 4.55. The van der Waals surface area contributed by atoms with Crippen LogP contribution < -0.4 is 10.1 Å². The van der Waals surface area contributed by atoms with E-state index in [0.717, 1.165) is 29.9 Å². The lowest BCUT2D eigenvalue weighted by Gasteiger charge is -2.12. The van der Waals surface area contributed by atoms with E-state index in [1.807, 2.05) is 28.8 Å². The summed E-state index contributed by atoms with van der Waals surface area (Å²) < 4.78 is 42.9. The molecular weight excluding hydrogens is 429 g/mol. The van der Waals surface area contributed by atoms with Crippen molar-refractivity contribution in [2.24, 2.45) is 0 Å². The highest BCUT2D eigenvalue weighted by Crippen LogP contribution is 2.41. The second-order valence-electron chi connectivity index (χ2n) is 7.16. The van der Waals surface area contributed by atoms with E-state index in [1.165, 1.54) is 30.8 Å². The van der Waals surface area contributed by atoms with Gasteiger partial charge in [-0.15, -0.1) is 23.4 Å². The van der Waals surface area contributed by atoms with E-state index in [9.17, 15) is 18.0 Å². The molecule has 1 aliphatic carbocycles. The van der Waals surface area contributed by atoms with Gasteiger partial charge >= 0.3 is 6.36 Å². The van der Waals surface area contributed by atoms with Crippen molar-refractivity contribution in [3.63, 3.8) is 0 Å². The van der Waals surface area contributed by atoms with Gasteiger partial charge in [0, 0.05) is 24.3 Å². The summed E-state index contributed by atoms with van der Waals surface area (Å²) in [5.41, 5.74) is 2.35. The van der Waals surface area contributed by atoms with Gasteiger partial charge in [-0.1, -0.05) is 30.0 Å². The number of halogens is 3. The molecule has 10 heteroatoms. The van der Waals surface area contributed by atoms with Gasteiger partial charge in [0.1, 0.15) is 11.6 Å². The highest BCUT2D eigenvalue weighted by atomic mass is 32.2. The molecule has 0 atom stereocenters. The Kier molecular flexibility index (Phi) is 5.90. The Hall–Kier alpha value is -3.01. The zero-order chi connectivity index (χ0) is 22.0. The van der Waals surface area contributed by atoms with Crippen LogP contribution in [-0.4, -0.2) is 27.0 Å². The standard InChI is InChI=1S/C21H19F3N4O2S/c1-13(29)25-16-3-2-4-17(11-16)28-19(15-7-8-15)26-27-20(28)31-12-14-5-9-18(10-6-14)30-21(22,23)24/h2-6,9-11,15H,7-8,12H2,1H3,(H,25,29). The average Bonchev–Trinajstić information content (AvgIpc) is 3.45. The number of aromatic nitrogens is 3. The van der Waals surface area contributed by atoms with Gasteiger partial charge in [0.25, 0.3) is 0 Å². The second-order valence-corrected chi connectivity index (χ2v) is 8.10. The molecule has 0 bridgehead atoms. The Balaban J connectivity index is 1.54. The molecule has 162 valence electrons. The maximum Gasteiger partial charge on any atom is 0.573 e. The third kappa shape index (κ3) is 5.57. The molecule has 3 aromatic rings. The van der Waals surface area contributed by atoms with E-state index in [-0.39, 0.29) is 11.7 Å². The van der Waals surface area contributed by atoms with Crippen LogP contribution in [0.3, 0.4) is 0 Å². The summed E-state index contributed by atoms with van der Waals surface area (Å²) in [5, 5.41) is 12.2. The predicted octanol–water partition coefficient (Wildman–Crippen LogP) is 5.29. The lowest BCUT2D eigenvalue weighted by Crippen LogP contribution is -2.16. The predicted molar refractivity (Wildman–Crippen MR) is 110 cm³/mol. The lowest BCUT2D eigenvalue weighted by atomic mass is 10.2. The Labute approximate surface area is 180 Å². The maximum atomic E-state index is 12.3. The van der Waals surface area contributed by atoms with Gasteiger partial charge in [0.05, 0.1) is 5.69 Å². The number of hydrogen-bond acceptors (Lipinski definition) is 5. The van der Waals surface area contributed by atoms with Crippen LogP contribution in [0.2, 0.25) is 0 Å². The number of hydrogen-bond donors (Lipinski definition) is 1. The Morgan fingerprint density at radius 3 is 2.58 bits per heavy atom. The van der Waals surface area contributed by atoms with Gasteiger partial charge in [0.2, 0.25) is 5.91 Å². The molecule has 1 amide bonds. The molecule has 0 radical (unpaired) electrons. The molecule has 1 aliphatic rings.